The van der Waals surface area contributed by atoms with E-state index in [9.17, 15) is 4.79 Å². The molecule has 0 spiro atoms. The van der Waals surface area contributed by atoms with Gasteiger partial charge in [0.05, 0.1) is 5.56 Å². The van der Waals surface area contributed by atoms with E-state index in [0.717, 1.165) is 5.69 Å². The Morgan fingerprint density at radius 3 is 2.65 bits per heavy atom. The predicted octanol–water partition coefficient (Wildman–Crippen LogP) is 2.34. The summed E-state index contributed by atoms with van der Waals surface area (Å²) in [6.07, 6.45) is 3.23. The van der Waals surface area contributed by atoms with Crippen LogP contribution in [-0.2, 0) is 0 Å². The number of aromatic nitrogens is 1. The van der Waals surface area contributed by atoms with Crippen LogP contribution in [0.2, 0.25) is 0 Å². The van der Waals surface area contributed by atoms with Crippen molar-refractivity contribution in [3.63, 3.8) is 0 Å². The molecule has 0 saturated carbocycles. The highest BCUT2D eigenvalue weighted by molar-refractivity contribution is 5.93. The van der Waals surface area contributed by atoms with Crippen molar-refractivity contribution in [3.8, 4) is 0 Å². The van der Waals surface area contributed by atoms with E-state index >= 15 is 0 Å². The molecule has 0 aliphatic rings. The van der Waals surface area contributed by atoms with E-state index < -0.39 is 0 Å². The summed E-state index contributed by atoms with van der Waals surface area (Å²) in [5.41, 5.74) is 1.72. The second-order valence-electron chi connectivity index (χ2n) is 4.75. The summed E-state index contributed by atoms with van der Waals surface area (Å²) in [5.74, 6) is -0.0913. The number of hydrogen-bond acceptors (Lipinski definition) is 3. The van der Waals surface area contributed by atoms with Crippen molar-refractivity contribution in [2.24, 2.45) is 0 Å². The van der Waals surface area contributed by atoms with E-state index in [2.05, 4.69) is 34.3 Å². The third-order valence-electron chi connectivity index (χ3n) is 3.31. The largest absolute Gasteiger partial charge is 0.370 e. The number of hydrogen-bond donors (Lipinski definition) is 1. The van der Waals surface area contributed by atoms with Crippen LogP contribution in [0.15, 0.2) is 54.9 Å². The monoisotopic (exact) mass is 269 g/mol. The van der Waals surface area contributed by atoms with E-state index in [-0.39, 0.29) is 11.9 Å². The van der Waals surface area contributed by atoms with Crippen LogP contribution in [0.1, 0.15) is 17.3 Å². The second-order valence-corrected chi connectivity index (χ2v) is 4.75. The normalized spacial score (nSPS) is 11.7. The van der Waals surface area contributed by atoms with Crippen LogP contribution in [-0.4, -0.2) is 30.5 Å². The molecule has 4 nitrogen and oxygen atoms in total. The van der Waals surface area contributed by atoms with Crippen molar-refractivity contribution in [1.29, 1.82) is 0 Å². The molecule has 1 N–H and O–H groups in total. The minimum absolute atomic E-state index is 0.0913. The van der Waals surface area contributed by atoms with Gasteiger partial charge in [-0.15, -0.1) is 0 Å². The van der Waals surface area contributed by atoms with Gasteiger partial charge < -0.3 is 10.2 Å². The SMILES string of the molecule is CC(CNC(=O)c1cccnc1)N(C)c1ccccc1. The second kappa shape index (κ2) is 6.70. The maximum Gasteiger partial charge on any atom is 0.252 e. The summed E-state index contributed by atoms with van der Waals surface area (Å²) in [5, 5.41) is 2.93. The molecule has 1 atom stereocenters. The quantitative estimate of drug-likeness (QED) is 0.906. The fourth-order valence-corrected chi connectivity index (χ4v) is 1.89. The lowest BCUT2D eigenvalue weighted by Crippen LogP contribution is -2.40. The van der Waals surface area contributed by atoms with Gasteiger partial charge in [-0.3, -0.25) is 9.78 Å². The topological polar surface area (TPSA) is 45.2 Å². The first-order valence-corrected chi connectivity index (χ1v) is 6.64. The standard InChI is InChI=1S/C16H19N3O/c1-13(19(2)15-8-4-3-5-9-15)11-18-16(20)14-7-6-10-17-12-14/h3-10,12-13H,11H2,1-2H3,(H,18,20). The molecule has 1 amide bonds. The number of amides is 1. The number of carbonyl (C=O) groups excluding carboxylic acids is 1. The number of rotatable bonds is 5. The molecule has 0 fully saturated rings. The Balaban J connectivity index is 1.89. The molecular formula is C16H19N3O. The smallest absolute Gasteiger partial charge is 0.252 e. The first kappa shape index (κ1) is 14.1. The summed E-state index contributed by atoms with van der Waals surface area (Å²) in [4.78, 5) is 18.0. The van der Waals surface area contributed by atoms with Crippen LogP contribution >= 0.6 is 0 Å². The first-order chi connectivity index (χ1) is 9.68. The van der Waals surface area contributed by atoms with Crippen LogP contribution < -0.4 is 10.2 Å². The van der Waals surface area contributed by atoms with Gasteiger partial charge in [0.2, 0.25) is 0 Å². The van der Waals surface area contributed by atoms with E-state index in [1.54, 1.807) is 24.5 Å². The van der Waals surface area contributed by atoms with Crippen LogP contribution in [0.5, 0.6) is 0 Å². The van der Waals surface area contributed by atoms with Crippen molar-refractivity contribution in [3.05, 3.63) is 60.4 Å². The number of benzene rings is 1. The van der Waals surface area contributed by atoms with Crippen LogP contribution in [0.4, 0.5) is 5.69 Å². The minimum atomic E-state index is -0.0913. The molecule has 0 radical (unpaired) electrons. The predicted molar refractivity (Wildman–Crippen MR) is 80.9 cm³/mol. The van der Waals surface area contributed by atoms with Crippen molar-refractivity contribution in [2.75, 3.05) is 18.5 Å². The first-order valence-electron chi connectivity index (χ1n) is 6.64. The van der Waals surface area contributed by atoms with Crippen molar-refractivity contribution < 1.29 is 4.79 Å². The van der Waals surface area contributed by atoms with E-state index in [1.807, 2.05) is 25.2 Å². The fraction of sp³-hybridized carbons (Fsp3) is 0.250. The van der Waals surface area contributed by atoms with Crippen molar-refractivity contribution in [1.82, 2.24) is 10.3 Å². The maximum absolute atomic E-state index is 11.9. The molecule has 1 aromatic heterocycles. The van der Waals surface area contributed by atoms with Gasteiger partial charge in [-0.25, -0.2) is 0 Å². The Morgan fingerprint density at radius 1 is 1.25 bits per heavy atom. The van der Waals surface area contributed by atoms with Crippen molar-refractivity contribution in [2.45, 2.75) is 13.0 Å². The van der Waals surface area contributed by atoms with Gasteiger partial charge in [0.25, 0.3) is 5.91 Å². The van der Waals surface area contributed by atoms with E-state index in [4.69, 9.17) is 0 Å². The molecule has 0 bridgehead atoms. The Bertz CT molecular complexity index is 542. The molecule has 20 heavy (non-hydrogen) atoms. The third kappa shape index (κ3) is 3.57. The van der Waals surface area contributed by atoms with Crippen LogP contribution in [0.25, 0.3) is 0 Å². The summed E-state index contributed by atoms with van der Waals surface area (Å²) in [6.45, 7) is 2.66. The molecule has 4 heteroatoms. The number of para-hydroxylation sites is 1. The zero-order chi connectivity index (χ0) is 14.4. The Morgan fingerprint density at radius 2 is 2.00 bits per heavy atom. The summed E-state index contributed by atoms with van der Waals surface area (Å²) >= 11 is 0. The van der Waals surface area contributed by atoms with Gasteiger partial charge in [-0.2, -0.15) is 0 Å². The van der Waals surface area contributed by atoms with Crippen molar-refractivity contribution >= 4 is 11.6 Å². The highest BCUT2D eigenvalue weighted by Gasteiger charge is 2.12. The number of likely N-dealkylation sites (N-methyl/N-ethyl adjacent to an activating group) is 1. The molecule has 1 heterocycles. The van der Waals surface area contributed by atoms with Gasteiger partial charge in [-0.05, 0) is 31.2 Å². The van der Waals surface area contributed by atoms with Gasteiger partial charge in [0.1, 0.15) is 0 Å². The van der Waals surface area contributed by atoms with E-state index in [1.165, 1.54) is 0 Å². The molecule has 1 aromatic carbocycles. The highest BCUT2D eigenvalue weighted by atomic mass is 16.1. The molecule has 0 aliphatic carbocycles. The number of nitrogens with one attached hydrogen (secondary N) is 1. The summed E-state index contributed by atoms with van der Waals surface area (Å²) < 4.78 is 0. The highest BCUT2D eigenvalue weighted by Crippen LogP contribution is 2.13. The lowest BCUT2D eigenvalue weighted by atomic mass is 10.2. The molecule has 2 rings (SSSR count). The molecule has 2 aromatic rings. The zero-order valence-corrected chi connectivity index (χ0v) is 11.8. The fourth-order valence-electron chi connectivity index (χ4n) is 1.89. The van der Waals surface area contributed by atoms with Gasteiger partial charge in [0, 0.05) is 37.7 Å². The third-order valence-corrected chi connectivity index (χ3v) is 3.31. The number of pyridine rings is 1. The molecule has 0 aliphatic heterocycles. The van der Waals surface area contributed by atoms with Gasteiger partial charge in [-0.1, -0.05) is 18.2 Å². The molecule has 1 unspecified atom stereocenters. The lowest BCUT2D eigenvalue weighted by Gasteiger charge is -2.27. The Kier molecular flexibility index (Phi) is 4.71. The Labute approximate surface area is 119 Å². The Hall–Kier alpha value is -2.36. The molecule has 104 valence electrons. The summed E-state index contributed by atoms with van der Waals surface area (Å²) in [6, 6.07) is 13.8. The molecule has 0 saturated heterocycles. The van der Waals surface area contributed by atoms with Gasteiger partial charge in [0.15, 0.2) is 0 Å². The lowest BCUT2D eigenvalue weighted by molar-refractivity contribution is 0.0951. The van der Waals surface area contributed by atoms with Crippen LogP contribution in [0, 0.1) is 0 Å². The zero-order valence-electron chi connectivity index (χ0n) is 11.8. The summed E-state index contributed by atoms with van der Waals surface area (Å²) in [7, 11) is 2.02. The average Bonchev–Trinajstić information content (AvgIpc) is 2.53. The van der Waals surface area contributed by atoms with Crippen LogP contribution in [0.3, 0.4) is 0 Å². The minimum Gasteiger partial charge on any atom is -0.370 e. The number of nitrogens with zero attached hydrogens (tertiary/aromatic N) is 2. The van der Waals surface area contributed by atoms with E-state index in [0.29, 0.717) is 12.1 Å². The number of carbonyl (C=O) groups is 1. The molecular weight excluding hydrogens is 250 g/mol. The maximum atomic E-state index is 11.9. The van der Waals surface area contributed by atoms with Gasteiger partial charge >= 0.3 is 0 Å². The average molecular weight is 269 g/mol. The number of anilines is 1.